The number of aromatic nitrogens is 4. The van der Waals surface area contributed by atoms with Crippen molar-refractivity contribution in [2.75, 3.05) is 29.0 Å². The SMILES string of the molecule is Nc1ccnc(NC2CCN(c3nccc(-c4ccccc4)n3)C2)n1. The molecule has 0 radical (unpaired) electrons. The second kappa shape index (κ2) is 6.72. The zero-order valence-electron chi connectivity index (χ0n) is 13.7. The van der Waals surface area contributed by atoms with E-state index < -0.39 is 0 Å². The predicted octanol–water partition coefficient (Wildman–Crippen LogP) is 2.21. The van der Waals surface area contributed by atoms with E-state index in [-0.39, 0.29) is 6.04 Å². The third-order valence-electron chi connectivity index (χ3n) is 4.19. The molecular weight excluding hydrogens is 314 g/mol. The summed E-state index contributed by atoms with van der Waals surface area (Å²) in [6, 6.07) is 14.0. The number of hydrogen-bond acceptors (Lipinski definition) is 7. The van der Waals surface area contributed by atoms with Gasteiger partial charge in [-0.2, -0.15) is 4.98 Å². The number of anilines is 3. The summed E-state index contributed by atoms with van der Waals surface area (Å²) >= 11 is 0. The molecule has 0 amide bonds. The lowest BCUT2D eigenvalue weighted by Gasteiger charge is -2.17. The van der Waals surface area contributed by atoms with Gasteiger partial charge in [0, 0.05) is 37.1 Å². The van der Waals surface area contributed by atoms with Crippen molar-refractivity contribution in [1.82, 2.24) is 19.9 Å². The van der Waals surface area contributed by atoms with E-state index in [0.717, 1.165) is 36.7 Å². The number of nitrogen functional groups attached to an aromatic ring is 1. The minimum Gasteiger partial charge on any atom is -0.384 e. The van der Waals surface area contributed by atoms with E-state index in [1.165, 1.54) is 0 Å². The molecule has 4 rings (SSSR count). The third kappa shape index (κ3) is 3.50. The van der Waals surface area contributed by atoms with Gasteiger partial charge in [-0.3, -0.25) is 0 Å². The van der Waals surface area contributed by atoms with Crippen molar-refractivity contribution >= 4 is 17.7 Å². The minimum absolute atomic E-state index is 0.241. The van der Waals surface area contributed by atoms with Crippen LogP contribution in [0.25, 0.3) is 11.3 Å². The van der Waals surface area contributed by atoms with Crippen LogP contribution in [0.1, 0.15) is 6.42 Å². The highest BCUT2D eigenvalue weighted by atomic mass is 15.3. The maximum atomic E-state index is 5.70. The van der Waals surface area contributed by atoms with Gasteiger partial charge in [0.25, 0.3) is 0 Å². The summed E-state index contributed by atoms with van der Waals surface area (Å²) < 4.78 is 0. The van der Waals surface area contributed by atoms with Crippen molar-refractivity contribution < 1.29 is 0 Å². The standard InChI is InChI=1S/C18H19N7/c19-16-7-10-20-17(24-16)22-14-8-11-25(12-14)18-21-9-6-15(23-18)13-4-2-1-3-5-13/h1-7,9-10,14H,8,11-12H2,(H3,19,20,22,24). The van der Waals surface area contributed by atoms with Gasteiger partial charge in [-0.05, 0) is 18.6 Å². The van der Waals surface area contributed by atoms with Crippen molar-refractivity contribution in [1.29, 1.82) is 0 Å². The van der Waals surface area contributed by atoms with Crippen LogP contribution in [0.2, 0.25) is 0 Å². The van der Waals surface area contributed by atoms with Gasteiger partial charge in [0.15, 0.2) is 0 Å². The molecule has 1 aliphatic heterocycles. The number of benzene rings is 1. The highest BCUT2D eigenvalue weighted by Gasteiger charge is 2.25. The Kier molecular flexibility index (Phi) is 4.12. The molecule has 126 valence electrons. The second-order valence-electron chi connectivity index (χ2n) is 5.99. The molecule has 1 aromatic carbocycles. The molecular formula is C18H19N7. The lowest BCUT2D eigenvalue weighted by Crippen LogP contribution is -2.28. The molecule has 7 heteroatoms. The molecule has 3 N–H and O–H groups in total. The van der Waals surface area contributed by atoms with Crippen LogP contribution in [0.3, 0.4) is 0 Å². The molecule has 7 nitrogen and oxygen atoms in total. The van der Waals surface area contributed by atoms with E-state index in [0.29, 0.717) is 11.8 Å². The summed E-state index contributed by atoms with van der Waals surface area (Å²) in [7, 11) is 0. The fraction of sp³-hybridized carbons (Fsp3) is 0.222. The summed E-state index contributed by atoms with van der Waals surface area (Å²) in [6.45, 7) is 1.69. The van der Waals surface area contributed by atoms with Crippen LogP contribution in [0, 0.1) is 0 Å². The smallest absolute Gasteiger partial charge is 0.225 e. The molecule has 1 aliphatic rings. The highest BCUT2D eigenvalue weighted by molar-refractivity contribution is 5.60. The predicted molar refractivity (Wildman–Crippen MR) is 98.2 cm³/mol. The topological polar surface area (TPSA) is 92.8 Å². The summed E-state index contributed by atoms with van der Waals surface area (Å²) in [4.78, 5) is 19.7. The average molecular weight is 333 g/mol. The van der Waals surface area contributed by atoms with Crippen molar-refractivity contribution in [3.63, 3.8) is 0 Å². The monoisotopic (exact) mass is 333 g/mol. The Bertz CT molecular complexity index is 853. The Morgan fingerprint density at radius 1 is 1.00 bits per heavy atom. The van der Waals surface area contributed by atoms with E-state index in [1.807, 2.05) is 30.5 Å². The van der Waals surface area contributed by atoms with E-state index in [4.69, 9.17) is 10.7 Å². The van der Waals surface area contributed by atoms with Crippen LogP contribution in [0.5, 0.6) is 0 Å². The first-order chi connectivity index (χ1) is 12.3. The highest BCUT2D eigenvalue weighted by Crippen LogP contribution is 2.22. The first-order valence-electron chi connectivity index (χ1n) is 8.26. The Morgan fingerprint density at radius 2 is 1.84 bits per heavy atom. The molecule has 2 aromatic heterocycles. The van der Waals surface area contributed by atoms with Crippen LogP contribution < -0.4 is 16.0 Å². The lowest BCUT2D eigenvalue weighted by molar-refractivity contribution is 0.790. The number of nitrogens with one attached hydrogen (secondary N) is 1. The van der Waals surface area contributed by atoms with Crippen molar-refractivity contribution in [2.45, 2.75) is 12.5 Å². The Morgan fingerprint density at radius 3 is 2.68 bits per heavy atom. The second-order valence-corrected chi connectivity index (χ2v) is 5.99. The molecule has 1 unspecified atom stereocenters. The van der Waals surface area contributed by atoms with Crippen molar-refractivity contribution in [3.05, 3.63) is 54.9 Å². The first-order valence-corrected chi connectivity index (χ1v) is 8.26. The first kappa shape index (κ1) is 15.3. The molecule has 3 aromatic rings. The molecule has 0 saturated carbocycles. The Hall–Kier alpha value is -3.22. The quantitative estimate of drug-likeness (QED) is 0.756. The van der Waals surface area contributed by atoms with Gasteiger partial charge in [0.1, 0.15) is 5.82 Å². The Balaban J connectivity index is 1.47. The zero-order chi connectivity index (χ0) is 17.1. The summed E-state index contributed by atoms with van der Waals surface area (Å²) in [5.41, 5.74) is 7.72. The number of rotatable bonds is 4. The van der Waals surface area contributed by atoms with Crippen LogP contribution in [0.15, 0.2) is 54.9 Å². The van der Waals surface area contributed by atoms with Gasteiger partial charge in [-0.25, -0.2) is 15.0 Å². The fourth-order valence-electron chi connectivity index (χ4n) is 2.95. The Labute approximate surface area is 146 Å². The van der Waals surface area contributed by atoms with Gasteiger partial charge < -0.3 is 16.0 Å². The summed E-state index contributed by atoms with van der Waals surface area (Å²) in [6.07, 6.45) is 4.44. The zero-order valence-corrected chi connectivity index (χ0v) is 13.7. The van der Waals surface area contributed by atoms with Crippen molar-refractivity contribution in [3.8, 4) is 11.3 Å². The van der Waals surface area contributed by atoms with Crippen LogP contribution in [-0.2, 0) is 0 Å². The normalized spacial score (nSPS) is 16.8. The van der Waals surface area contributed by atoms with E-state index in [2.05, 4.69) is 37.3 Å². The van der Waals surface area contributed by atoms with Crippen molar-refractivity contribution in [2.24, 2.45) is 0 Å². The van der Waals surface area contributed by atoms with Gasteiger partial charge >= 0.3 is 0 Å². The molecule has 1 saturated heterocycles. The van der Waals surface area contributed by atoms with Crippen LogP contribution in [0.4, 0.5) is 17.7 Å². The third-order valence-corrected chi connectivity index (χ3v) is 4.19. The lowest BCUT2D eigenvalue weighted by atomic mass is 10.1. The molecule has 1 fully saturated rings. The summed E-state index contributed by atoms with van der Waals surface area (Å²) in [5, 5.41) is 3.33. The van der Waals surface area contributed by atoms with E-state index in [1.54, 1.807) is 12.3 Å². The van der Waals surface area contributed by atoms with Crippen LogP contribution in [-0.4, -0.2) is 39.1 Å². The van der Waals surface area contributed by atoms with Crippen LogP contribution >= 0.6 is 0 Å². The average Bonchev–Trinajstić information content (AvgIpc) is 3.11. The van der Waals surface area contributed by atoms with Gasteiger partial charge in [-0.1, -0.05) is 30.3 Å². The molecule has 0 aliphatic carbocycles. The number of nitrogens with two attached hydrogens (primary N) is 1. The maximum absolute atomic E-state index is 5.70. The maximum Gasteiger partial charge on any atom is 0.225 e. The minimum atomic E-state index is 0.241. The van der Waals surface area contributed by atoms with Gasteiger partial charge in [0.05, 0.1) is 5.69 Å². The molecule has 0 bridgehead atoms. The molecule has 3 heterocycles. The van der Waals surface area contributed by atoms with Gasteiger partial charge in [-0.15, -0.1) is 0 Å². The number of nitrogens with zero attached hydrogens (tertiary/aromatic N) is 5. The molecule has 1 atom stereocenters. The summed E-state index contributed by atoms with van der Waals surface area (Å²) in [5.74, 6) is 1.77. The molecule has 25 heavy (non-hydrogen) atoms. The largest absolute Gasteiger partial charge is 0.384 e. The number of hydrogen-bond donors (Lipinski definition) is 2. The van der Waals surface area contributed by atoms with E-state index >= 15 is 0 Å². The molecule has 0 spiro atoms. The van der Waals surface area contributed by atoms with E-state index in [9.17, 15) is 0 Å². The van der Waals surface area contributed by atoms with Gasteiger partial charge in [0.2, 0.25) is 11.9 Å². The fourth-order valence-corrected chi connectivity index (χ4v) is 2.95.